The van der Waals surface area contributed by atoms with E-state index in [4.69, 9.17) is 0 Å². The molecule has 1 aliphatic heterocycles. The van der Waals surface area contributed by atoms with Crippen LogP contribution in [0.4, 0.5) is 5.69 Å². The van der Waals surface area contributed by atoms with E-state index in [1.807, 2.05) is 6.92 Å². The summed E-state index contributed by atoms with van der Waals surface area (Å²) in [7, 11) is -2.89. The minimum Gasteiger partial charge on any atom is -0.311 e. The zero-order valence-electron chi connectivity index (χ0n) is 12.5. The third-order valence-electron chi connectivity index (χ3n) is 3.83. The summed E-state index contributed by atoms with van der Waals surface area (Å²) in [6.07, 6.45) is 0.650. The van der Waals surface area contributed by atoms with Gasteiger partial charge in [-0.05, 0) is 18.9 Å². The highest BCUT2D eigenvalue weighted by molar-refractivity contribution is 7.91. The molecular formula is C14H21N3O4S. The zero-order valence-corrected chi connectivity index (χ0v) is 13.4. The van der Waals surface area contributed by atoms with Gasteiger partial charge in [0.2, 0.25) is 0 Å². The van der Waals surface area contributed by atoms with Crippen molar-refractivity contribution in [2.45, 2.75) is 25.4 Å². The molecule has 1 aliphatic rings. The fraction of sp³-hybridized carbons (Fsp3) is 0.571. The van der Waals surface area contributed by atoms with Gasteiger partial charge >= 0.3 is 0 Å². The Bertz CT molecular complexity index is 630. The number of rotatable bonds is 7. The monoisotopic (exact) mass is 327 g/mol. The molecule has 1 saturated heterocycles. The van der Waals surface area contributed by atoms with Crippen LogP contribution in [0.2, 0.25) is 0 Å². The molecule has 0 aromatic heterocycles. The van der Waals surface area contributed by atoms with Gasteiger partial charge in [0.25, 0.3) is 5.69 Å². The maximum atomic E-state index is 11.5. The molecule has 2 rings (SSSR count). The SMILES string of the molecule is C[C@]1(NCCNCc2ccc([N+](=O)[O-])cc2)CCS(=O)(=O)C1. The van der Waals surface area contributed by atoms with E-state index in [-0.39, 0.29) is 22.7 Å². The lowest BCUT2D eigenvalue weighted by Crippen LogP contribution is -2.46. The highest BCUT2D eigenvalue weighted by Crippen LogP contribution is 2.22. The maximum Gasteiger partial charge on any atom is 0.269 e. The average Bonchev–Trinajstić information content (AvgIpc) is 2.73. The molecule has 0 saturated carbocycles. The van der Waals surface area contributed by atoms with E-state index < -0.39 is 14.8 Å². The Labute approximate surface area is 130 Å². The Hall–Kier alpha value is -1.51. The molecule has 0 radical (unpaired) electrons. The quantitative estimate of drug-likeness (QED) is 0.437. The van der Waals surface area contributed by atoms with Crippen molar-refractivity contribution in [3.05, 3.63) is 39.9 Å². The molecule has 0 amide bonds. The van der Waals surface area contributed by atoms with Crippen LogP contribution in [-0.4, -0.2) is 43.5 Å². The molecule has 1 atom stereocenters. The molecule has 1 heterocycles. The Balaban J connectivity index is 1.68. The summed E-state index contributed by atoms with van der Waals surface area (Å²) in [6, 6.07) is 6.42. The Morgan fingerprint density at radius 2 is 1.95 bits per heavy atom. The predicted octanol–water partition coefficient (Wildman–Crippen LogP) is 0.851. The van der Waals surface area contributed by atoms with Gasteiger partial charge in [-0.15, -0.1) is 0 Å². The van der Waals surface area contributed by atoms with Crippen molar-refractivity contribution in [1.82, 2.24) is 10.6 Å². The molecule has 0 aliphatic carbocycles. The first-order chi connectivity index (χ1) is 10.3. The number of non-ortho nitro benzene ring substituents is 1. The van der Waals surface area contributed by atoms with E-state index in [9.17, 15) is 18.5 Å². The third-order valence-corrected chi connectivity index (χ3v) is 5.74. The van der Waals surface area contributed by atoms with Crippen molar-refractivity contribution in [3.8, 4) is 0 Å². The second-order valence-electron chi connectivity index (χ2n) is 5.93. The van der Waals surface area contributed by atoms with Crippen LogP contribution in [0.5, 0.6) is 0 Å². The fourth-order valence-electron chi connectivity index (χ4n) is 2.57. The van der Waals surface area contributed by atoms with Gasteiger partial charge in [-0.2, -0.15) is 0 Å². The van der Waals surface area contributed by atoms with Gasteiger partial charge in [0.15, 0.2) is 9.84 Å². The van der Waals surface area contributed by atoms with Crippen molar-refractivity contribution in [3.63, 3.8) is 0 Å². The molecule has 1 aromatic rings. The van der Waals surface area contributed by atoms with Crippen LogP contribution in [0.15, 0.2) is 24.3 Å². The van der Waals surface area contributed by atoms with Crippen molar-refractivity contribution in [2.24, 2.45) is 0 Å². The number of hydrogen-bond donors (Lipinski definition) is 2. The van der Waals surface area contributed by atoms with Gasteiger partial charge in [0, 0.05) is 37.3 Å². The third kappa shape index (κ3) is 4.75. The van der Waals surface area contributed by atoms with E-state index in [2.05, 4.69) is 10.6 Å². The Kier molecular flexibility index (Phi) is 5.15. The average molecular weight is 327 g/mol. The zero-order chi connectivity index (χ0) is 16.2. The van der Waals surface area contributed by atoms with Crippen LogP contribution < -0.4 is 10.6 Å². The number of nitro groups is 1. The van der Waals surface area contributed by atoms with Crippen molar-refractivity contribution in [1.29, 1.82) is 0 Å². The second kappa shape index (κ2) is 6.72. The topological polar surface area (TPSA) is 101 Å². The molecule has 1 fully saturated rings. The first-order valence-corrected chi connectivity index (χ1v) is 9.01. The number of sulfone groups is 1. The van der Waals surface area contributed by atoms with E-state index in [0.717, 1.165) is 5.56 Å². The van der Waals surface area contributed by atoms with Gasteiger partial charge in [0.1, 0.15) is 0 Å². The smallest absolute Gasteiger partial charge is 0.269 e. The van der Waals surface area contributed by atoms with E-state index in [0.29, 0.717) is 26.1 Å². The molecule has 1 aromatic carbocycles. The van der Waals surface area contributed by atoms with Crippen LogP contribution in [0.3, 0.4) is 0 Å². The Morgan fingerprint density at radius 3 is 2.50 bits per heavy atom. The van der Waals surface area contributed by atoms with Gasteiger partial charge in [0.05, 0.1) is 16.4 Å². The van der Waals surface area contributed by atoms with Crippen molar-refractivity contribution < 1.29 is 13.3 Å². The number of hydrogen-bond acceptors (Lipinski definition) is 6. The lowest BCUT2D eigenvalue weighted by molar-refractivity contribution is -0.384. The number of benzene rings is 1. The molecule has 22 heavy (non-hydrogen) atoms. The summed E-state index contributed by atoms with van der Waals surface area (Å²) < 4.78 is 23.0. The van der Waals surface area contributed by atoms with Crippen LogP contribution >= 0.6 is 0 Å². The first kappa shape index (κ1) is 16.9. The fourth-order valence-corrected chi connectivity index (χ4v) is 4.69. The molecule has 2 N–H and O–H groups in total. The van der Waals surface area contributed by atoms with Crippen molar-refractivity contribution in [2.75, 3.05) is 24.6 Å². The first-order valence-electron chi connectivity index (χ1n) is 7.19. The molecule has 0 unspecified atom stereocenters. The highest BCUT2D eigenvalue weighted by Gasteiger charge is 2.37. The summed E-state index contributed by atoms with van der Waals surface area (Å²) in [5.41, 5.74) is 0.731. The minimum absolute atomic E-state index is 0.0841. The standard InChI is InChI=1S/C14H21N3O4S/c1-14(6-9-22(20,21)11-14)16-8-7-15-10-12-2-4-13(5-3-12)17(18)19/h2-5,15-16H,6-11H2,1H3/t14-/m0/s1. The molecule has 0 spiro atoms. The lowest BCUT2D eigenvalue weighted by Gasteiger charge is -2.24. The maximum absolute atomic E-state index is 11.5. The summed E-state index contributed by atoms with van der Waals surface area (Å²) in [5, 5.41) is 17.1. The summed E-state index contributed by atoms with van der Waals surface area (Å²) in [5.74, 6) is 0.453. The van der Waals surface area contributed by atoms with Gasteiger partial charge < -0.3 is 10.6 Å². The van der Waals surface area contributed by atoms with E-state index >= 15 is 0 Å². The van der Waals surface area contributed by atoms with Gasteiger partial charge in [-0.3, -0.25) is 10.1 Å². The largest absolute Gasteiger partial charge is 0.311 e. The van der Waals surface area contributed by atoms with E-state index in [1.54, 1.807) is 12.1 Å². The van der Waals surface area contributed by atoms with Crippen LogP contribution in [0.25, 0.3) is 0 Å². The highest BCUT2D eigenvalue weighted by atomic mass is 32.2. The van der Waals surface area contributed by atoms with Crippen molar-refractivity contribution >= 4 is 15.5 Å². The summed E-state index contributed by atoms with van der Waals surface area (Å²) in [6.45, 7) is 3.94. The van der Waals surface area contributed by atoms with Crippen LogP contribution in [-0.2, 0) is 16.4 Å². The minimum atomic E-state index is -2.89. The molecule has 0 bridgehead atoms. The second-order valence-corrected chi connectivity index (χ2v) is 8.11. The van der Waals surface area contributed by atoms with E-state index in [1.165, 1.54) is 12.1 Å². The van der Waals surface area contributed by atoms with Crippen LogP contribution in [0.1, 0.15) is 18.9 Å². The number of nitrogens with one attached hydrogen (secondary N) is 2. The summed E-state index contributed by atoms with van der Waals surface area (Å²) in [4.78, 5) is 10.1. The molecule has 7 nitrogen and oxygen atoms in total. The predicted molar refractivity (Wildman–Crippen MR) is 84.5 cm³/mol. The van der Waals surface area contributed by atoms with Gasteiger partial charge in [-0.25, -0.2) is 8.42 Å². The lowest BCUT2D eigenvalue weighted by atomic mass is 10.0. The molecule has 122 valence electrons. The van der Waals surface area contributed by atoms with Gasteiger partial charge in [-0.1, -0.05) is 12.1 Å². The Morgan fingerprint density at radius 1 is 1.27 bits per heavy atom. The number of nitrogens with zero attached hydrogens (tertiary/aromatic N) is 1. The normalized spacial score (nSPS) is 23.5. The molecular weight excluding hydrogens is 306 g/mol. The van der Waals surface area contributed by atoms with Crippen LogP contribution in [0, 0.1) is 10.1 Å². The molecule has 8 heteroatoms. The summed E-state index contributed by atoms with van der Waals surface area (Å²) >= 11 is 0. The number of nitro benzene ring substituents is 1.